The maximum absolute atomic E-state index is 6.36. The van der Waals surface area contributed by atoms with Gasteiger partial charge in [-0.05, 0) is 57.2 Å². The van der Waals surface area contributed by atoms with Gasteiger partial charge in [0.1, 0.15) is 0 Å². The second kappa shape index (κ2) is 5.29. The lowest BCUT2D eigenvalue weighted by molar-refractivity contribution is 0.253. The van der Waals surface area contributed by atoms with Gasteiger partial charge in [0.2, 0.25) is 0 Å². The summed E-state index contributed by atoms with van der Waals surface area (Å²) < 4.78 is 0. The lowest BCUT2D eigenvalue weighted by atomic mass is 10.0. The number of fused-ring (bicyclic) bond motifs is 1. The molecule has 1 fully saturated rings. The molecular weight excluding hydrogens is 248 g/mol. The minimum absolute atomic E-state index is 0.572. The van der Waals surface area contributed by atoms with Crippen molar-refractivity contribution in [2.75, 3.05) is 37.8 Å². The van der Waals surface area contributed by atoms with E-state index in [0.29, 0.717) is 6.04 Å². The van der Waals surface area contributed by atoms with E-state index >= 15 is 0 Å². The van der Waals surface area contributed by atoms with Gasteiger partial charge in [-0.3, -0.25) is 4.98 Å². The Morgan fingerprint density at radius 2 is 2.00 bits per heavy atom. The molecule has 0 atom stereocenters. The highest BCUT2D eigenvalue weighted by molar-refractivity contribution is 5.97. The van der Waals surface area contributed by atoms with Gasteiger partial charge in [0.15, 0.2) is 0 Å². The summed E-state index contributed by atoms with van der Waals surface area (Å²) in [5, 5.41) is 1.05. The van der Waals surface area contributed by atoms with Gasteiger partial charge in [-0.25, -0.2) is 0 Å². The van der Waals surface area contributed by atoms with Crippen molar-refractivity contribution in [3.05, 3.63) is 30.5 Å². The number of nitrogens with two attached hydrogens (primary N) is 1. The van der Waals surface area contributed by atoms with Crippen LogP contribution < -0.4 is 10.6 Å². The minimum Gasteiger partial charge on any atom is -0.396 e. The third kappa shape index (κ3) is 2.31. The first-order valence-electron chi connectivity index (χ1n) is 7.21. The Kier molecular flexibility index (Phi) is 3.49. The zero-order valence-electron chi connectivity index (χ0n) is 12.2. The molecule has 1 aliphatic rings. The van der Waals surface area contributed by atoms with E-state index in [0.717, 1.165) is 35.4 Å². The van der Waals surface area contributed by atoms with Gasteiger partial charge in [-0.15, -0.1) is 0 Å². The SMILES string of the molecule is CN1CCC(N(C)c2ccc3ncccc3c2N)CC1. The molecule has 1 aromatic carbocycles. The predicted molar refractivity (Wildman–Crippen MR) is 85.1 cm³/mol. The number of aromatic nitrogens is 1. The van der Waals surface area contributed by atoms with E-state index < -0.39 is 0 Å². The zero-order valence-corrected chi connectivity index (χ0v) is 12.2. The average Bonchev–Trinajstić information content (AvgIpc) is 2.48. The molecule has 2 N–H and O–H groups in total. The summed E-state index contributed by atoms with van der Waals surface area (Å²) in [5.74, 6) is 0. The smallest absolute Gasteiger partial charge is 0.0724 e. The van der Waals surface area contributed by atoms with Crippen molar-refractivity contribution in [3.8, 4) is 0 Å². The highest BCUT2D eigenvalue weighted by atomic mass is 15.2. The van der Waals surface area contributed by atoms with Crippen molar-refractivity contribution in [1.29, 1.82) is 0 Å². The highest BCUT2D eigenvalue weighted by Crippen LogP contribution is 2.32. The minimum atomic E-state index is 0.572. The molecule has 1 aliphatic heterocycles. The number of benzene rings is 1. The van der Waals surface area contributed by atoms with Crippen molar-refractivity contribution in [1.82, 2.24) is 9.88 Å². The number of pyridine rings is 1. The summed E-state index contributed by atoms with van der Waals surface area (Å²) in [5.41, 5.74) is 9.29. The maximum atomic E-state index is 6.36. The Morgan fingerprint density at radius 1 is 1.25 bits per heavy atom. The van der Waals surface area contributed by atoms with Crippen LogP contribution in [-0.2, 0) is 0 Å². The number of nitrogens with zero attached hydrogens (tertiary/aromatic N) is 3. The molecule has 20 heavy (non-hydrogen) atoms. The fourth-order valence-electron chi connectivity index (χ4n) is 3.05. The number of likely N-dealkylation sites (tertiary alicyclic amines) is 1. The van der Waals surface area contributed by atoms with Crippen LogP contribution in [0.25, 0.3) is 10.9 Å². The van der Waals surface area contributed by atoms with E-state index in [4.69, 9.17) is 5.73 Å². The Labute approximate surface area is 120 Å². The van der Waals surface area contributed by atoms with Crippen LogP contribution in [0.3, 0.4) is 0 Å². The highest BCUT2D eigenvalue weighted by Gasteiger charge is 2.22. The van der Waals surface area contributed by atoms with E-state index in [-0.39, 0.29) is 0 Å². The van der Waals surface area contributed by atoms with Crippen molar-refractivity contribution in [2.24, 2.45) is 0 Å². The molecule has 106 valence electrons. The first-order valence-corrected chi connectivity index (χ1v) is 7.21. The third-order valence-corrected chi connectivity index (χ3v) is 4.42. The summed E-state index contributed by atoms with van der Waals surface area (Å²) >= 11 is 0. The largest absolute Gasteiger partial charge is 0.396 e. The average molecular weight is 270 g/mol. The molecule has 1 saturated heterocycles. The number of hydrogen-bond acceptors (Lipinski definition) is 4. The lowest BCUT2D eigenvalue weighted by Gasteiger charge is -2.37. The summed E-state index contributed by atoms with van der Waals surface area (Å²) in [4.78, 5) is 9.09. The van der Waals surface area contributed by atoms with Gasteiger partial charge in [0.25, 0.3) is 0 Å². The molecule has 0 spiro atoms. The number of nitrogen functional groups attached to an aromatic ring is 1. The summed E-state index contributed by atoms with van der Waals surface area (Å²) in [6.07, 6.45) is 4.19. The number of anilines is 2. The Balaban J connectivity index is 1.91. The quantitative estimate of drug-likeness (QED) is 0.851. The van der Waals surface area contributed by atoms with Gasteiger partial charge in [0, 0.05) is 24.7 Å². The molecule has 1 aromatic heterocycles. The molecule has 2 heterocycles. The van der Waals surface area contributed by atoms with Crippen molar-refractivity contribution in [3.63, 3.8) is 0 Å². The molecule has 0 radical (unpaired) electrons. The van der Waals surface area contributed by atoms with Crippen molar-refractivity contribution >= 4 is 22.3 Å². The van der Waals surface area contributed by atoms with Crippen LogP contribution in [0.15, 0.2) is 30.5 Å². The second-order valence-corrected chi connectivity index (χ2v) is 5.71. The first kappa shape index (κ1) is 13.2. The Morgan fingerprint density at radius 3 is 2.75 bits per heavy atom. The van der Waals surface area contributed by atoms with Crippen LogP contribution in [0, 0.1) is 0 Å². The maximum Gasteiger partial charge on any atom is 0.0724 e. The molecule has 2 aromatic rings. The Hall–Kier alpha value is -1.81. The molecule has 3 rings (SSSR count). The van der Waals surface area contributed by atoms with Crippen LogP contribution >= 0.6 is 0 Å². The van der Waals surface area contributed by atoms with Gasteiger partial charge in [-0.1, -0.05) is 0 Å². The molecular formula is C16H22N4. The van der Waals surface area contributed by atoms with Crippen molar-refractivity contribution < 1.29 is 0 Å². The Bertz CT molecular complexity index is 602. The van der Waals surface area contributed by atoms with E-state index in [1.54, 1.807) is 0 Å². The second-order valence-electron chi connectivity index (χ2n) is 5.71. The van der Waals surface area contributed by atoms with Crippen molar-refractivity contribution in [2.45, 2.75) is 18.9 Å². The number of rotatable bonds is 2. The van der Waals surface area contributed by atoms with Gasteiger partial charge in [-0.2, -0.15) is 0 Å². The topological polar surface area (TPSA) is 45.4 Å². The van der Waals surface area contributed by atoms with Crippen LogP contribution in [0.4, 0.5) is 11.4 Å². The third-order valence-electron chi connectivity index (χ3n) is 4.42. The molecule has 0 bridgehead atoms. The summed E-state index contributed by atoms with van der Waals surface area (Å²) in [7, 11) is 4.34. The predicted octanol–water partition coefficient (Wildman–Crippen LogP) is 2.35. The van der Waals surface area contributed by atoms with E-state index in [9.17, 15) is 0 Å². The molecule has 0 amide bonds. The van der Waals surface area contributed by atoms with Crippen LogP contribution in [0.2, 0.25) is 0 Å². The standard InChI is InChI=1S/C16H22N4/c1-19-10-7-12(8-11-19)20(2)15-6-5-14-13(16(15)17)4-3-9-18-14/h3-6,9,12H,7-8,10-11,17H2,1-2H3. The number of hydrogen-bond donors (Lipinski definition) is 1. The van der Waals surface area contributed by atoms with E-state index in [1.165, 1.54) is 12.8 Å². The molecule has 0 saturated carbocycles. The summed E-state index contributed by atoms with van der Waals surface area (Å²) in [6, 6.07) is 8.72. The lowest BCUT2D eigenvalue weighted by Crippen LogP contribution is -2.42. The van der Waals surface area contributed by atoms with Crippen LogP contribution in [0.1, 0.15) is 12.8 Å². The van der Waals surface area contributed by atoms with Crippen LogP contribution in [0.5, 0.6) is 0 Å². The normalized spacial score (nSPS) is 17.5. The van der Waals surface area contributed by atoms with E-state index in [2.05, 4.69) is 41.0 Å². The van der Waals surface area contributed by atoms with Gasteiger partial charge < -0.3 is 15.5 Å². The monoisotopic (exact) mass is 270 g/mol. The van der Waals surface area contributed by atoms with Gasteiger partial charge >= 0.3 is 0 Å². The zero-order chi connectivity index (χ0) is 14.1. The molecule has 4 nitrogen and oxygen atoms in total. The molecule has 4 heteroatoms. The molecule has 0 unspecified atom stereocenters. The van der Waals surface area contributed by atoms with E-state index in [1.807, 2.05) is 18.3 Å². The number of piperidine rings is 1. The fraction of sp³-hybridized carbons (Fsp3) is 0.438. The molecule has 0 aliphatic carbocycles. The summed E-state index contributed by atoms with van der Waals surface area (Å²) in [6.45, 7) is 2.31. The van der Waals surface area contributed by atoms with Gasteiger partial charge in [0.05, 0.1) is 16.9 Å². The van der Waals surface area contributed by atoms with Crippen LogP contribution in [-0.4, -0.2) is 43.1 Å². The first-order chi connectivity index (χ1) is 9.66. The fourth-order valence-corrected chi connectivity index (χ4v) is 3.05.